The first-order chi connectivity index (χ1) is 16.2. The molecule has 5 unspecified atom stereocenters. The molecule has 1 aliphatic carbocycles. The Hall–Kier alpha value is -2.95. The predicted octanol–water partition coefficient (Wildman–Crippen LogP) is 0.483. The van der Waals surface area contributed by atoms with Crippen molar-refractivity contribution in [3.05, 3.63) is 34.7 Å². The number of carbonyl (C=O) groups excluding carboxylic acids is 2. The Morgan fingerprint density at radius 2 is 1.94 bits per heavy atom. The van der Waals surface area contributed by atoms with Crippen LogP contribution in [0.15, 0.2) is 24.3 Å². The number of methoxy groups -OCH3 is 1. The van der Waals surface area contributed by atoms with E-state index in [9.17, 15) is 48.3 Å². The monoisotopic (exact) mass is 522 g/mol. The third kappa shape index (κ3) is 4.78. The second-order valence-electron chi connectivity index (χ2n) is 7.62. The first kappa shape index (κ1) is 26.7. The van der Waals surface area contributed by atoms with Crippen LogP contribution in [0.4, 0.5) is 23.7 Å². The highest BCUT2D eigenvalue weighted by atomic mass is 32.1. The molecule has 1 aromatic heterocycles. The van der Waals surface area contributed by atoms with E-state index in [-0.39, 0.29) is 21.0 Å². The van der Waals surface area contributed by atoms with Gasteiger partial charge in [-0.2, -0.15) is 13.2 Å². The number of aliphatic hydroxyl groups is 5. The lowest BCUT2D eigenvalue weighted by molar-refractivity contribution is -0.332. The number of urea groups is 1. The van der Waals surface area contributed by atoms with Gasteiger partial charge in [0.25, 0.3) is 0 Å². The Kier molecular flexibility index (Phi) is 7.31. The molecule has 0 radical (unpaired) electrons. The standard InChI is InChI=1S/C20H21F3N2O9S/c1-33-16(29)14-10(25-18(24)31)5-12(35-14)7-2-3-11(8(4-7)20(21,22)23)34-17(30)19(32)9(6-26)13(27)15(19)28/h2-5,9,13,15,17,26-28,30,32H,6H2,1H3,(H3,24,25,31). The molecule has 0 aliphatic heterocycles. The first-order valence-electron chi connectivity index (χ1n) is 9.80. The Balaban J connectivity index is 2.00. The molecule has 15 heteroatoms. The number of aliphatic hydroxyl groups excluding tert-OH is 4. The van der Waals surface area contributed by atoms with Crippen molar-refractivity contribution in [3.8, 4) is 16.2 Å². The molecule has 11 nitrogen and oxygen atoms in total. The lowest BCUT2D eigenvalue weighted by atomic mass is 9.64. The number of ether oxygens (including phenoxy) is 2. The Labute approximate surface area is 199 Å². The van der Waals surface area contributed by atoms with E-state index in [1.54, 1.807) is 0 Å². The second kappa shape index (κ2) is 9.60. The van der Waals surface area contributed by atoms with E-state index < -0.39 is 66.1 Å². The number of benzene rings is 1. The van der Waals surface area contributed by atoms with Crippen LogP contribution in [0.2, 0.25) is 0 Å². The molecule has 1 saturated carbocycles. The van der Waals surface area contributed by atoms with E-state index in [1.165, 1.54) is 6.07 Å². The molecule has 2 amide bonds. The largest absolute Gasteiger partial charge is 0.465 e. The summed E-state index contributed by atoms with van der Waals surface area (Å²) in [5.41, 5.74) is 0.911. The number of alkyl halides is 3. The van der Waals surface area contributed by atoms with Crippen molar-refractivity contribution in [2.75, 3.05) is 19.0 Å². The number of nitrogens with two attached hydrogens (primary N) is 1. The molecule has 5 atom stereocenters. The number of esters is 1. The van der Waals surface area contributed by atoms with Crippen LogP contribution in [0.25, 0.3) is 10.4 Å². The number of primary amides is 1. The van der Waals surface area contributed by atoms with Crippen molar-refractivity contribution in [2.45, 2.75) is 30.3 Å². The quantitative estimate of drug-likeness (QED) is 0.200. The zero-order valence-corrected chi connectivity index (χ0v) is 18.6. The smallest absolute Gasteiger partial charge is 0.419 e. The average Bonchev–Trinajstić information content (AvgIpc) is 3.20. The van der Waals surface area contributed by atoms with Gasteiger partial charge in [-0.1, -0.05) is 0 Å². The third-order valence-electron chi connectivity index (χ3n) is 5.56. The summed E-state index contributed by atoms with van der Waals surface area (Å²) in [5, 5.41) is 51.6. The van der Waals surface area contributed by atoms with Crippen LogP contribution < -0.4 is 15.8 Å². The number of rotatable bonds is 7. The van der Waals surface area contributed by atoms with Crippen LogP contribution >= 0.6 is 11.3 Å². The van der Waals surface area contributed by atoms with Gasteiger partial charge in [0.2, 0.25) is 6.29 Å². The Morgan fingerprint density at radius 3 is 2.49 bits per heavy atom. The minimum absolute atomic E-state index is 0.0575. The Bertz CT molecular complexity index is 1130. The number of carbonyl (C=O) groups is 2. The third-order valence-corrected chi connectivity index (χ3v) is 6.73. The maximum atomic E-state index is 13.8. The van der Waals surface area contributed by atoms with Crippen LogP contribution in [0.1, 0.15) is 15.2 Å². The van der Waals surface area contributed by atoms with Gasteiger partial charge in [-0.05, 0) is 29.8 Å². The molecule has 1 heterocycles. The average molecular weight is 522 g/mol. The van der Waals surface area contributed by atoms with Gasteiger partial charge in [0.1, 0.15) is 16.7 Å². The maximum absolute atomic E-state index is 13.8. The minimum atomic E-state index is -5.02. The summed E-state index contributed by atoms with van der Waals surface area (Å²) in [6, 6.07) is 2.82. The van der Waals surface area contributed by atoms with Crippen molar-refractivity contribution < 1.29 is 57.8 Å². The van der Waals surface area contributed by atoms with Gasteiger partial charge >= 0.3 is 18.2 Å². The summed E-state index contributed by atoms with van der Waals surface area (Å²) in [6.45, 7) is -0.886. The molecule has 8 N–H and O–H groups in total. The molecule has 35 heavy (non-hydrogen) atoms. The van der Waals surface area contributed by atoms with Crippen LogP contribution in [0.3, 0.4) is 0 Å². The van der Waals surface area contributed by atoms with Gasteiger partial charge < -0.3 is 46.1 Å². The van der Waals surface area contributed by atoms with E-state index in [2.05, 4.69) is 10.1 Å². The molecule has 1 fully saturated rings. The van der Waals surface area contributed by atoms with Crippen molar-refractivity contribution in [1.29, 1.82) is 0 Å². The number of thiophene rings is 1. The first-order valence-corrected chi connectivity index (χ1v) is 10.6. The highest BCUT2D eigenvalue weighted by Gasteiger charge is 2.65. The summed E-state index contributed by atoms with van der Waals surface area (Å²) >= 11 is 0.716. The lowest BCUT2D eigenvalue weighted by Crippen LogP contribution is -2.76. The van der Waals surface area contributed by atoms with Crippen molar-refractivity contribution in [1.82, 2.24) is 0 Å². The molecule has 3 rings (SSSR count). The second-order valence-corrected chi connectivity index (χ2v) is 8.68. The number of anilines is 1. The fourth-order valence-electron chi connectivity index (χ4n) is 3.68. The SMILES string of the molecule is COC(=O)c1sc(-c2ccc(OC(O)C3(O)C(O)C(O)C3CO)c(C(F)(F)F)c2)cc1NC(N)=O. The van der Waals surface area contributed by atoms with Crippen LogP contribution in [-0.4, -0.2) is 75.3 Å². The van der Waals surface area contributed by atoms with E-state index >= 15 is 0 Å². The van der Waals surface area contributed by atoms with Crippen LogP contribution in [-0.2, 0) is 10.9 Å². The zero-order valence-electron chi connectivity index (χ0n) is 17.8. The molecule has 0 bridgehead atoms. The zero-order chi connectivity index (χ0) is 26.3. The molecular weight excluding hydrogens is 501 g/mol. The number of nitrogens with one attached hydrogen (secondary N) is 1. The molecule has 0 saturated heterocycles. The number of amides is 2. The van der Waals surface area contributed by atoms with Gasteiger partial charge in [-0.15, -0.1) is 11.3 Å². The molecule has 1 aromatic carbocycles. The summed E-state index contributed by atoms with van der Waals surface area (Å²) < 4.78 is 50.9. The summed E-state index contributed by atoms with van der Waals surface area (Å²) in [6.07, 6.45) is -11.1. The summed E-state index contributed by atoms with van der Waals surface area (Å²) in [4.78, 5) is 23.2. The molecule has 2 aromatic rings. The fourth-order valence-corrected chi connectivity index (χ4v) is 4.70. The van der Waals surface area contributed by atoms with Crippen molar-refractivity contribution >= 4 is 29.0 Å². The van der Waals surface area contributed by atoms with Gasteiger partial charge in [-0.25, -0.2) is 9.59 Å². The number of hydrogen-bond donors (Lipinski definition) is 7. The molecule has 1 aliphatic rings. The fraction of sp³-hybridized carbons (Fsp3) is 0.400. The summed E-state index contributed by atoms with van der Waals surface area (Å²) in [7, 11) is 1.07. The van der Waals surface area contributed by atoms with Gasteiger partial charge in [0, 0.05) is 10.8 Å². The number of halogens is 3. The van der Waals surface area contributed by atoms with Gasteiger partial charge in [0.05, 0.1) is 31.1 Å². The van der Waals surface area contributed by atoms with E-state index in [0.29, 0.717) is 17.4 Å². The summed E-state index contributed by atoms with van der Waals surface area (Å²) in [5.74, 6) is -3.26. The van der Waals surface area contributed by atoms with Gasteiger partial charge in [-0.3, -0.25) is 0 Å². The normalized spacial score (nSPS) is 24.9. The van der Waals surface area contributed by atoms with E-state index in [4.69, 9.17) is 10.5 Å². The van der Waals surface area contributed by atoms with Gasteiger partial charge in [0.15, 0.2) is 5.60 Å². The van der Waals surface area contributed by atoms with E-state index in [1.807, 2.05) is 0 Å². The lowest BCUT2D eigenvalue weighted by Gasteiger charge is -2.53. The van der Waals surface area contributed by atoms with Crippen LogP contribution in [0.5, 0.6) is 5.75 Å². The molecule has 192 valence electrons. The molecular formula is C20H21F3N2O9S. The Morgan fingerprint density at radius 1 is 1.29 bits per heavy atom. The van der Waals surface area contributed by atoms with Crippen LogP contribution in [0, 0.1) is 5.92 Å². The maximum Gasteiger partial charge on any atom is 0.419 e. The highest BCUT2D eigenvalue weighted by molar-refractivity contribution is 7.18. The highest BCUT2D eigenvalue weighted by Crippen LogP contribution is 2.45. The van der Waals surface area contributed by atoms with Crippen molar-refractivity contribution in [2.24, 2.45) is 11.7 Å². The minimum Gasteiger partial charge on any atom is -0.465 e. The number of hydrogen-bond acceptors (Lipinski definition) is 10. The topological polar surface area (TPSA) is 192 Å². The molecule has 0 spiro atoms. The van der Waals surface area contributed by atoms with E-state index in [0.717, 1.165) is 19.2 Å². The van der Waals surface area contributed by atoms with Crippen molar-refractivity contribution in [3.63, 3.8) is 0 Å². The predicted molar refractivity (Wildman–Crippen MR) is 113 cm³/mol.